The van der Waals surface area contributed by atoms with Crippen molar-refractivity contribution < 1.29 is 9.53 Å². The average molecular weight is 242 g/mol. The molecule has 0 aromatic rings. The van der Waals surface area contributed by atoms with E-state index in [1.54, 1.807) is 11.9 Å². The zero-order valence-corrected chi connectivity index (χ0v) is 11.7. The third-order valence-electron chi connectivity index (χ3n) is 3.27. The highest BCUT2D eigenvalue weighted by molar-refractivity contribution is 5.67. The number of likely N-dealkylation sites (N-methyl/N-ethyl adjacent to an activating group) is 2. The highest BCUT2D eigenvalue weighted by Gasteiger charge is 2.29. The zero-order valence-electron chi connectivity index (χ0n) is 11.7. The summed E-state index contributed by atoms with van der Waals surface area (Å²) in [6.07, 6.45) is 3.62. The molecule has 1 aliphatic carbocycles. The van der Waals surface area contributed by atoms with Gasteiger partial charge in [0, 0.05) is 19.6 Å². The lowest BCUT2D eigenvalue weighted by Gasteiger charge is -2.36. The van der Waals surface area contributed by atoms with E-state index in [2.05, 4.69) is 5.32 Å². The molecule has 100 valence electrons. The van der Waals surface area contributed by atoms with E-state index in [1.807, 2.05) is 27.8 Å². The van der Waals surface area contributed by atoms with Crippen LogP contribution >= 0.6 is 0 Å². The second-order valence-electron chi connectivity index (χ2n) is 5.95. The van der Waals surface area contributed by atoms with E-state index in [-0.39, 0.29) is 6.09 Å². The summed E-state index contributed by atoms with van der Waals surface area (Å²) in [7, 11) is 3.77. The molecule has 1 fully saturated rings. The van der Waals surface area contributed by atoms with E-state index in [4.69, 9.17) is 4.74 Å². The van der Waals surface area contributed by atoms with Crippen molar-refractivity contribution in [2.75, 3.05) is 20.6 Å². The quantitative estimate of drug-likeness (QED) is 0.822. The molecule has 1 aliphatic rings. The molecule has 1 saturated carbocycles. The Morgan fingerprint density at radius 1 is 1.47 bits per heavy atom. The Balaban J connectivity index is 2.40. The Kier molecular flexibility index (Phi) is 4.80. The molecule has 0 spiro atoms. The lowest BCUT2D eigenvalue weighted by molar-refractivity contribution is 0.0260. The molecule has 1 amide bonds. The Morgan fingerprint density at radius 2 is 2.06 bits per heavy atom. The fraction of sp³-hybridized carbons (Fsp3) is 0.923. The molecule has 4 heteroatoms. The number of nitrogens with one attached hydrogen (secondary N) is 1. The van der Waals surface area contributed by atoms with Crippen LogP contribution in [-0.4, -0.2) is 43.3 Å². The molecule has 1 rings (SSSR count). The van der Waals surface area contributed by atoms with Crippen LogP contribution in [0.2, 0.25) is 0 Å². The summed E-state index contributed by atoms with van der Waals surface area (Å²) in [6.45, 7) is 6.39. The minimum Gasteiger partial charge on any atom is -0.444 e. The summed E-state index contributed by atoms with van der Waals surface area (Å²) >= 11 is 0. The monoisotopic (exact) mass is 242 g/mol. The van der Waals surface area contributed by atoms with Crippen molar-refractivity contribution in [3.63, 3.8) is 0 Å². The molecule has 0 aromatic carbocycles. The molecule has 0 heterocycles. The first-order valence-electron chi connectivity index (χ1n) is 6.45. The van der Waals surface area contributed by atoms with E-state index >= 15 is 0 Å². The van der Waals surface area contributed by atoms with E-state index < -0.39 is 5.60 Å². The Hall–Kier alpha value is -0.770. The first kappa shape index (κ1) is 14.3. The van der Waals surface area contributed by atoms with Crippen LogP contribution in [0.25, 0.3) is 0 Å². The van der Waals surface area contributed by atoms with E-state index in [0.29, 0.717) is 12.0 Å². The Morgan fingerprint density at radius 3 is 2.41 bits per heavy atom. The van der Waals surface area contributed by atoms with Crippen LogP contribution in [0, 0.1) is 5.92 Å². The van der Waals surface area contributed by atoms with E-state index in [9.17, 15) is 4.79 Å². The maximum absolute atomic E-state index is 11.8. The molecule has 0 saturated heterocycles. The molecule has 0 aliphatic heterocycles. The second kappa shape index (κ2) is 5.71. The number of nitrogens with zero attached hydrogens (tertiary/aromatic N) is 1. The van der Waals surface area contributed by atoms with Gasteiger partial charge in [-0.05, 0) is 46.6 Å². The second-order valence-corrected chi connectivity index (χ2v) is 5.95. The summed E-state index contributed by atoms with van der Waals surface area (Å²) in [5, 5.41) is 3.30. The highest BCUT2D eigenvalue weighted by Crippen LogP contribution is 2.29. The lowest BCUT2D eigenvalue weighted by Crippen LogP contribution is -2.47. The Labute approximate surface area is 105 Å². The topological polar surface area (TPSA) is 41.6 Å². The van der Waals surface area contributed by atoms with Gasteiger partial charge >= 0.3 is 6.09 Å². The van der Waals surface area contributed by atoms with Crippen LogP contribution < -0.4 is 5.32 Å². The van der Waals surface area contributed by atoms with Gasteiger partial charge in [0.05, 0.1) is 0 Å². The summed E-state index contributed by atoms with van der Waals surface area (Å²) in [5.74, 6) is 0.713. The largest absolute Gasteiger partial charge is 0.444 e. The van der Waals surface area contributed by atoms with Gasteiger partial charge in [-0.1, -0.05) is 6.42 Å². The van der Waals surface area contributed by atoms with Gasteiger partial charge in [0.15, 0.2) is 0 Å². The molecule has 17 heavy (non-hydrogen) atoms. The maximum atomic E-state index is 11.8. The molecule has 0 bridgehead atoms. The molecule has 4 nitrogen and oxygen atoms in total. The number of rotatable bonds is 4. The van der Waals surface area contributed by atoms with Gasteiger partial charge in [0.25, 0.3) is 0 Å². The predicted molar refractivity (Wildman–Crippen MR) is 69.1 cm³/mol. The number of hydrogen-bond donors (Lipinski definition) is 1. The predicted octanol–water partition coefficient (Wildman–Crippen LogP) is 2.24. The average Bonchev–Trinajstić information content (AvgIpc) is 2.10. The molecule has 0 radical (unpaired) electrons. The summed E-state index contributed by atoms with van der Waals surface area (Å²) in [5.41, 5.74) is -0.420. The summed E-state index contributed by atoms with van der Waals surface area (Å²) < 4.78 is 5.34. The third-order valence-corrected chi connectivity index (χ3v) is 3.27. The fourth-order valence-electron chi connectivity index (χ4n) is 2.03. The maximum Gasteiger partial charge on any atom is 0.410 e. The molecule has 0 aromatic heterocycles. The standard InChI is InChI=1S/C13H26N2O2/c1-13(2,3)17-12(16)15(5)9-11(14-4)10-7-6-8-10/h10-11,14H,6-9H2,1-5H3. The van der Waals surface area contributed by atoms with Crippen molar-refractivity contribution in [2.45, 2.75) is 51.7 Å². The van der Waals surface area contributed by atoms with Crippen molar-refractivity contribution in [3.05, 3.63) is 0 Å². The molecule has 1 N–H and O–H groups in total. The summed E-state index contributed by atoms with van der Waals surface area (Å²) in [6, 6.07) is 0.390. The van der Waals surface area contributed by atoms with Crippen molar-refractivity contribution in [1.29, 1.82) is 0 Å². The van der Waals surface area contributed by atoms with Crippen LogP contribution in [-0.2, 0) is 4.74 Å². The van der Waals surface area contributed by atoms with Crippen molar-refractivity contribution in [3.8, 4) is 0 Å². The minimum absolute atomic E-state index is 0.239. The van der Waals surface area contributed by atoms with Gasteiger partial charge in [-0.2, -0.15) is 0 Å². The smallest absolute Gasteiger partial charge is 0.410 e. The number of carbonyl (C=O) groups is 1. The van der Waals surface area contributed by atoms with Gasteiger partial charge < -0.3 is 15.0 Å². The van der Waals surface area contributed by atoms with Crippen LogP contribution in [0.4, 0.5) is 4.79 Å². The van der Waals surface area contributed by atoms with Crippen LogP contribution in [0.1, 0.15) is 40.0 Å². The minimum atomic E-state index is -0.420. The summed E-state index contributed by atoms with van der Waals surface area (Å²) in [4.78, 5) is 13.5. The van der Waals surface area contributed by atoms with Crippen molar-refractivity contribution in [1.82, 2.24) is 10.2 Å². The van der Waals surface area contributed by atoms with E-state index in [1.165, 1.54) is 19.3 Å². The normalized spacial score (nSPS) is 18.4. The highest BCUT2D eigenvalue weighted by atomic mass is 16.6. The molecule has 1 unspecified atom stereocenters. The first-order valence-corrected chi connectivity index (χ1v) is 6.45. The molecular weight excluding hydrogens is 216 g/mol. The molecular formula is C13H26N2O2. The van der Waals surface area contributed by atoms with Gasteiger partial charge in [0.2, 0.25) is 0 Å². The van der Waals surface area contributed by atoms with Crippen molar-refractivity contribution >= 4 is 6.09 Å². The number of carbonyl (C=O) groups excluding carboxylic acids is 1. The molecule has 1 atom stereocenters. The van der Waals surface area contributed by atoms with Gasteiger partial charge in [-0.3, -0.25) is 0 Å². The Bertz CT molecular complexity index is 257. The zero-order chi connectivity index (χ0) is 13.1. The van der Waals surface area contributed by atoms with Gasteiger partial charge in [0.1, 0.15) is 5.60 Å². The van der Waals surface area contributed by atoms with Crippen molar-refractivity contribution in [2.24, 2.45) is 5.92 Å². The third kappa shape index (κ3) is 4.54. The van der Waals surface area contributed by atoms with Crippen LogP contribution in [0.5, 0.6) is 0 Å². The first-order chi connectivity index (χ1) is 7.83. The van der Waals surface area contributed by atoms with Gasteiger partial charge in [-0.25, -0.2) is 4.79 Å². The van der Waals surface area contributed by atoms with Gasteiger partial charge in [-0.15, -0.1) is 0 Å². The SMILES string of the molecule is CNC(CN(C)C(=O)OC(C)(C)C)C1CCC1. The number of ether oxygens (including phenoxy) is 1. The lowest BCUT2D eigenvalue weighted by atomic mass is 9.79. The van der Waals surface area contributed by atoms with E-state index in [0.717, 1.165) is 6.54 Å². The fourth-order valence-corrected chi connectivity index (χ4v) is 2.03. The number of hydrogen-bond acceptors (Lipinski definition) is 3. The van der Waals surface area contributed by atoms with Crippen LogP contribution in [0.15, 0.2) is 0 Å². The number of amides is 1. The van der Waals surface area contributed by atoms with Crippen LogP contribution in [0.3, 0.4) is 0 Å².